The molecule has 0 radical (unpaired) electrons. The zero-order chi connectivity index (χ0) is 23.2. The zero-order valence-corrected chi connectivity index (χ0v) is 19.6. The number of alkyl halides is 3. The van der Waals surface area contributed by atoms with Crippen LogP contribution in [0.25, 0.3) is 0 Å². The van der Waals surface area contributed by atoms with Crippen molar-refractivity contribution >= 4 is 19.7 Å². The summed E-state index contributed by atoms with van der Waals surface area (Å²) in [6.07, 6.45) is 7.46. The third-order valence-corrected chi connectivity index (χ3v) is 7.10. The average molecular weight is 485 g/mol. The summed E-state index contributed by atoms with van der Waals surface area (Å²) < 4.78 is 51.1. The number of benzene rings is 1. The van der Waals surface area contributed by atoms with Gasteiger partial charge in [-0.15, -0.1) is 0 Å². The largest absolute Gasteiger partial charge is 0.511 e. The monoisotopic (exact) mass is 484 g/mol. The van der Waals surface area contributed by atoms with Gasteiger partial charge in [0, 0.05) is 23.3 Å². The van der Waals surface area contributed by atoms with E-state index in [1.54, 1.807) is 0 Å². The molecule has 1 saturated heterocycles. The van der Waals surface area contributed by atoms with E-state index in [0.29, 0.717) is 11.8 Å². The van der Waals surface area contributed by atoms with Crippen LogP contribution in [0, 0.1) is 5.92 Å². The van der Waals surface area contributed by atoms with Gasteiger partial charge in [-0.05, 0) is 94.4 Å². The molecular formula is C21H32ClF3N2O3S. The number of hydrogen-bond donors (Lipinski definition) is 1. The van der Waals surface area contributed by atoms with E-state index in [0.717, 1.165) is 18.8 Å². The molecule has 178 valence electrons. The number of hydrogen-bond acceptors (Lipinski definition) is 5. The van der Waals surface area contributed by atoms with Crippen molar-refractivity contribution in [2.24, 2.45) is 5.92 Å². The molecule has 1 aliphatic carbocycles. The lowest BCUT2D eigenvalue weighted by Crippen LogP contribution is -2.44. The molecule has 1 aromatic carbocycles. The van der Waals surface area contributed by atoms with Crippen LogP contribution in [0.2, 0.25) is 0 Å². The Morgan fingerprint density at radius 3 is 2.35 bits per heavy atom. The van der Waals surface area contributed by atoms with Crippen LogP contribution in [-0.4, -0.2) is 68.1 Å². The van der Waals surface area contributed by atoms with Gasteiger partial charge in [-0.2, -0.15) is 13.2 Å². The molecular weight excluding hydrogens is 453 g/mol. The van der Waals surface area contributed by atoms with Crippen LogP contribution in [0.1, 0.15) is 43.7 Å². The molecule has 31 heavy (non-hydrogen) atoms. The standard InChI is InChI=1S/C20H32N2O.CClF3O2S/c1-3-10-22(15-16-8-11-21(2)12-9-16)19-6-4-17-5-7-20(23)14-18(17)13-19;2-8(6,7)1(3,4)5/h5,7,14,16,19,23H,3-4,6,8-13,15H2,1-2H3;. The van der Waals surface area contributed by atoms with Crippen LogP contribution in [0.15, 0.2) is 18.2 Å². The molecule has 1 aliphatic heterocycles. The maximum Gasteiger partial charge on any atom is 0.511 e. The van der Waals surface area contributed by atoms with Crippen LogP contribution >= 0.6 is 10.7 Å². The number of fused-ring (bicyclic) bond motifs is 1. The molecule has 0 amide bonds. The third-order valence-electron chi connectivity index (χ3n) is 6.03. The normalized spacial score (nSPS) is 20.8. The maximum atomic E-state index is 10.8. The highest BCUT2D eigenvalue weighted by atomic mass is 35.7. The van der Waals surface area contributed by atoms with Crippen molar-refractivity contribution in [1.29, 1.82) is 0 Å². The molecule has 1 heterocycles. The number of likely N-dealkylation sites (tertiary alicyclic amines) is 1. The first-order valence-electron chi connectivity index (χ1n) is 10.6. The zero-order valence-electron chi connectivity index (χ0n) is 18.0. The minimum Gasteiger partial charge on any atom is -0.508 e. The summed E-state index contributed by atoms with van der Waals surface area (Å²) in [6, 6.07) is 6.59. The Balaban J connectivity index is 0.000000366. The topological polar surface area (TPSA) is 60.9 Å². The fourth-order valence-corrected chi connectivity index (χ4v) is 4.32. The second kappa shape index (κ2) is 11.2. The summed E-state index contributed by atoms with van der Waals surface area (Å²) in [7, 11) is 0.729. The molecule has 0 aromatic heterocycles. The molecule has 10 heteroatoms. The Morgan fingerprint density at radius 1 is 1.19 bits per heavy atom. The highest BCUT2D eigenvalue weighted by molar-refractivity contribution is 8.14. The molecule has 1 N–H and O–H groups in total. The van der Waals surface area contributed by atoms with Crippen molar-refractivity contribution in [3.63, 3.8) is 0 Å². The van der Waals surface area contributed by atoms with E-state index >= 15 is 0 Å². The van der Waals surface area contributed by atoms with Crippen LogP contribution in [-0.2, 0) is 21.9 Å². The van der Waals surface area contributed by atoms with Crippen LogP contribution in [0.4, 0.5) is 13.2 Å². The van der Waals surface area contributed by atoms with E-state index in [9.17, 15) is 26.7 Å². The van der Waals surface area contributed by atoms with Crippen molar-refractivity contribution in [3.05, 3.63) is 29.3 Å². The van der Waals surface area contributed by atoms with Crippen molar-refractivity contribution in [2.75, 3.05) is 33.2 Å². The number of piperidine rings is 1. The van der Waals surface area contributed by atoms with Crippen molar-refractivity contribution in [1.82, 2.24) is 9.80 Å². The Morgan fingerprint density at radius 2 is 1.81 bits per heavy atom. The van der Waals surface area contributed by atoms with Gasteiger partial charge in [0.15, 0.2) is 0 Å². The molecule has 0 spiro atoms. The van der Waals surface area contributed by atoms with E-state index in [1.165, 1.54) is 63.0 Å². The van der Waals surface area contributed by atoms with Gasteiger partial charge in [-0.1, -0.05) is 13.0 Å². The smallest absolute Gasteiger partial charge is 0.508 e. The SMILES string of the molecule is CCCN(CC1CCN(C)CC1)C1CCc2ccc(O)cc2C1.O=S(=O)(Cl)C(F)(F)F. The first kappa shape index (κ1) is 26.2. The predicted molar refractivity (Wildman–Crippen MR) is 117 cm³/mol. The molecule has 1 fully saturated rings. The Labute approximate surface area is 187 Å². The summed E-state index contributed by atoms with van der Waals surface area (Å²) in [5, 5.41) is 9.78. The lowest BCUT2D eigenvalue weighted by Gasteiger charge is -2.39. The number of phenols is 1. The number of phenolic OH excluding ortho intramolecular Hbond substituents is 1. The van der Waals surface area contributed by atoms with E-state index < -0.39 is 14.6 Å². The van der Waals surface area contributed by atoms with Gasteiger partial charge in [0.25, 0.3) is 0 Å². The molecule has 1 atom stereocenters. The van der Waals surface area contributed by atoms with Gasteiger partial charge in [0.05, 0.1) is 0 Å². The van der Waals surface area contributed by atoms with Crippen LogP contribution < -0.4 is 0 Å². The summed E-state index contributed by atoms with van der Waals surface area (Å²) in [5.74, 6) is 1.28. The van der Waals surface area contributed by atoms with E-state index in [1.807, 2.05) is 12.1 Å². The maximum absolute atomic E-state index is 10.8. The second-order valence-corrected chi connectivity index (χ2v) is 11.0. The third kappa shape index (κ3) is 8.11. The van der Waals surface area contributed by atoms with Crippen LogP contribution in [0.3, 0.4) is 0 Å². The van der Waals surface area contributed by atoms with E-state index in [4.69, 9.17) is 0 Å². The van der Waals surface area contributed by atoms with Crippen molar-refractivity contribution < 1.29 is 26.7 Å². The predicted octanol–water partition coefficient (Wildman–Crippen LogP) is 4.38. The number of rotatable bonds is 5. The summed E-state index contributed by atoms with van der Waals surface area (Å²) in [6.45, 7) is 7.29. The fraction of sp³-hybridized carbons (Fsp3) is 0.714. The highest BCUT2D eigenvalue weighted by Gasteiger charge is 2.44. The molecule has 5 nitrogen and oxygen atoms in total. The Hall–Kier alpha value is -1.03. The van der Waals surface area contributed by atoms with E-state index in [-0.39, 0.29) is 0 Å². The van der Waals surface area contributed by atoms with Gasteiger partial charge in [-0.3, -0.25) is 4.90 Å². The summed E-state index contributed by atoms with van der Waals surface area (Å²) >= 11 is 0. The Kier molecular flexibility index (Phi) is 9.48. The minimum absolute atomic E-state index is 0.418. The molecule has 3 rings (SSSR count). The lowest BCUT2D eigenvalue weighted by molar-refractivity contribution is -0.0412. The molecule has 0 saturated carbocycles. The summed E-state index contributed by atoms with van der Waals surface area (Å²) in [5.41, 5.74) is -2.52. The number of nitrogens with zero attached hydrogens (tertiary/aromatic N) is 2. The minimum atomic E-state index is -5.37. The van der Waals surface area contributed by atoms with Crippen molar-refractivity contribution in [3.8, 4) is 5.75 Å². The number of aryl methyl sites for hydroxylation is 1. The highest BCUT2D eigenvalue weighted by Crippen LogP contribution is 2.29. The van der Waals surface area contributed by atoms with Gasteiger partial charge in [0.1, 0.15) is 5.75 Å². The average Bonchev–Trinajstić information content (AvgIpc) is 2.67. The first-order chi connectivity index (χ1) is 14.4. The van der Waals surface area contributed by atoms with Gasteiger partial charge in [-0.25, -0.2) is 8.42 Å². The van der Waals surface area contributed by atoms with Gasteiger partial charge >= 0.3 is 14.6 Å². The fourth-order valence-electron chi connectivity index (χ4n) is 4.32. The number of aromatic hydroxyl groups is 1. The quantitative estimate of drug-likeness (QED) is 0.628. The van der Waals surface area contributed by atoms with Crippen molar-refractivity contribution in [2.45, 2.75) is 57.0 Å². The molecule has 1 unspecified atom stereocenters. The molecule has 0 bridgehead atoms. The summed E-state index contributed by atoms with van der Waals surface area (Å²) in [4.78, 5) is 5.21. The molecule has 1 aromatic rings. The number of halogens is 4. The van der Waals surface area contributed by atoms with Gasteiger partial charge < -0.3 is 10.0 Å². The Bertz CT molecular complexity index is 813. The van der Waals surface area contributed by atoms with E-state index in [2.05, 4.69) is 40.5 Å². The van der Waals surface area contributed by atoms with Gasteiger partial charge in [0.2, 0.25) is 0 Å². The van der Waals surface area contributed by atoms with Crippen LogP contribution in [0.5, 0.6) is 5.75 Å². The second-order valence-electron chi connectivity index (χ2n) is 8.47. The lowest BCUT2D eigenvalue weighted by atomic mass is 9.86. The first-order valence-corrected chi connectivity index (χ1v) is 13.0. The molecule has 2 aliphatic rings.